The lowest BCUT2D eigenvalue weighted by Crippen LogP contribution is -1.87. The lowest BCUT2D eigenvalue weighted by molar-refractivity contribution is 0.482. The normalized spacial score (nSPS) is 10.6. The van der Waals surface area contributed by atoms with Crippen LogP contribution in [0, 0.1) is 0 Å². The van der Waals surface area contributed by atoms with Crippen molar-refractivity contribution in [3.63, 3.8) is 0 Å². The van der Waals surface area contributed by atoms with Gasteiger partial charge >= 0.3 is 0 Å². The third kappa shape index (κ3) is 6.49. The van der Waals surface area contributed by atoms with Crippen LogP contribution in [0.4, 0.5) is 11.4 Å². The average Bonchev–Trinajstić information content (AvgIpc) is 3.01. The number of nitrogens with two attached hydrogens (primary N) is 2. The number of hydrogen-bond donors (Lipinski definition) is 2. The van der Waals surface area contributed by atoms with E-state index in [9.17, 15) is 0 Å². The fourth-order valence-electron chi connectivity index (χ4n) is 4.34. The number of nitrogen functional groups attached to an aromatic ring is 2. The second-order valence-corrected chi connectivity index (χ2v) is 9.54. The maximum absolute atomic E-state index is 6.09. The highest BCUT2D eigenvalue weighted by atomic mass is 16.5. The summed E-state index contributed by atoms with van der Waals surface area (Å²) in [5, 5.41) is 0. The smallest absolute Gasteiger partial charge is 0.127 e. The summed E-state index contributed by atoms with van der Waals surface area (Å²) in [7, 11) is 0. The molecule has 4 N–H and O–H groups in total. The first-order valence-electron chi connectivity index (χ1n) is 13.2. The number of hydrogen-bond acceptors (Lipinski definition) is 5. The first-order valence-corrected chi connectivity index (χ1v) is 13.2. The van der Waals surface area contributed by atoms with Crippen molar-refractivity contribution < 1.29 is 14.2 Å². The SMILES string of the molecule is Nc1ccc(Oc2ccc(-c3ccc(Oc4ccc(-c5ccc(Oc6ccc(N)cc6)cc5)cc4)cc3)cc2)cc1. The van der Waals surface area contributed by atoms with Gasteiger partial charge in [0.25, 0.3) is 0 Å². The van der Waals surface area contributed by atoms with Crippen molar-refractivity contribution in [1.29, 1.82) is 0 Å². The second-order valence-electron chi connectivity index (χ2n) is 9.54. The third-order valence-electron chi connectivity index (χ3n) is 6.55. The van der Waals surface area contributed by atoms with Gasteiger partial charge in [-0.1, -0.05) is 48.5 Å². The molecular weight excluding hydrogens is 508 g/mol. The highest BCUT2D eigenvalue weighted by Gasteiger charge is 2.05. The zero-order valence-corrected chi connectivity index (χ0v) is 22.2. The van der Waals surface area contributed by atoms with Crippen molar-refractivity contribution >= 4 is 11.4 Å². The molecule has 0 spiro atoms. The van der Waals surface area contributed by atoms with E-state index in [2.05, 4.69) is 0 Å². The molecule has 0 saturated carbocycles. The van der Waals surface area contributed by atoms with E-state index < -0.39 is 0 Å². The quantitative estimate of drug-likeness (QED) is 0.189. The van der Waals surface area contributed by atoms with Crippen LogP contribution >= 0.6 is 0 Å². The maximum Gasteiger partial charge on any atom is 0.127 e. The molecule has 0 aliphatic carbocycles. The molecule has 0 radical (unpaired) electrons. The molecule has 6 rings (SSSR count). The molecule has 0 unspecified atom stereocenters. The molecule has 0 atom stereocenters. The topological polar surface area (TPSA) is 79.7 Å². The molecule has 0 bridgehead atoms. The van der Waals surface area contributed by atoms with Gasteiger partial charge < -0.3 is 25.7 Å². The fraction of sp³-hybridized carbons (Fsp3) is 0. The molecule has 6 aromatic rings. The van der Waals surface area contributed by atoms with E-state index in [0.29, 0.717) is 11.4 Å². The number of benzene rings is 6. The second kappa shape index (κ2) is 11.6. The van der Waals surface area contributed by atoms with Gasteiger partial charge in [-0.2, -0.15) is 0 Å². The minimum Gasteiger partial charge on any atom is -0.457 e. The van der Waals surface area contributed by atoms with Crippen molar-refractivity contribution in [2.75, 3.05) is 11.5 Å². The summed E-state index contributed by atoms with van der Waals surface area (Å²) in [5.74, 6) is 4.58. The van der Waals surface area contributed by atoms with Crippen LogP contribution in [0.3, 0.4) is 0 Å². The molecule has 0 aliphatic heterocycles. The fourth-order valence-corrected chi connectivity index (χ4v) is 4.34. The van der Waals surface area contributed by atoms with Gasteiger partial charge in [0.2, 0.25) is 0 Å². The van der Waals surface area contributed by atoms with Crippen LogP contribution < -0.4 is 25.7 Å². The van der Waals surface area contributed by atoms with Crippen molar-refractivity contribution in [2.24, 2.45) is 0 Å². The van der Waals surface area contributed by atoms with Crippen LogP contribution in [0.15, 0.2) is 146 Å². The lowest BCUT2D eigenvalue weighted by atomic mass is 10.1. The van der Waals surface area contributed by atoms with Crippen LogP contribution in [-0.2, 0) is 0 Å². The van der Waals surface area contributed by atoms with Crippen molar-refractivity contribution in [1.82, 2.24) is 0 Å². The molecule has 0 amide bonds. The average molecular weight is 537 g/mol. The van der Waals surface area contributed by atoms with Gasteiger partial charge in [0, 0.05) is 11.4 Å². The Bertz CT molecular complexity index is 1580. The first-order chi connectivity index (χ1) is 20.1. The third-order valence-corrected chi connectivity index (χ3v) is 6.55. The summed E-state index contributed by atoms with van der Waals surface area (Å²) in [4.78, 5) is 0. The Hall–Kier alpha value is -5.68. The van der Waals surface area contributed by atoms with Crippen molar-refractivity contribution in [3.05, 3.63) is 146 Å². The summed E-state index contributed by atoms with van der Waals surface area (Å²) in [6.07, 6.45) is 0. The van der Waals surface area contributed by atoms with Gasteiger partial charge in [-0.25, -0.2) is 0 Å². The molecule has 6 aromatic carbocycles. The van der Waals surface area contributed by atoms with E-state index in [4.69, 9.17) is 25.7 Å². The van der Waals surface area contributed by atoms with Gasteiger partial charge in [0.15, 0.2) is 0 Å². The lowest BCUT2D eigenvalue weighted by Gasteiger charge is -2.10. The Labute approximate surface area is 239 Å². The Morgan fingerprint density at radius 2 is 0.415 bits per heavy atom. The Kier molecular flexibility index (Phi) is 7.24. The van der Waals surface area contributed by atoms with Crippen LogP contribution in [0.1, 0.15) is 0 Å². The van der Waals surface area contributed by atoms with Gasteiger partial charge in [-0.15, -0.1) is 0 Å². The standard InChI is InChI=1S/C36H28N2O3/c37-29-9-21-35(22-10-29)40-33-17-5-27(6-18-33)25-1-13-31(14-2-25)39-32-15-3-26(4-16-32)28-7-19-34(20-8-28)41-36-23-11-30(38)12-24-36/h1-24H,37-38H2. The Morgan fingerprint density at radius 1 is 0.244 bits per heavy atom. The summed E-state index contributed by atoms with van der Waals surface area (Å²) in [6.45, 7) is 0. The molecular formula is C36H28N2O3. The van der Waals surface area contributed by atoms with E-state index in [1.807, 2.05) is 146 Å². The molecule has 41 heavy (non-hydrogen) atoms. The number of anilines is 2. The van der Waals surface area contributed by atoms with E-state index in [1.54, 1.807) is 0 Å². The van der Waals surface area contributed by atoms with Gasteiger partial charge in [-0.3, -0.25) is 0 Å². The molecule has 5 heteroatoms. The molecule has 0 fully saturated rings. The van der Waals surface area contributed by atoms with Crippen LogP contribution in [0.5, 0.6) is 34.5 Å². The van der Waals surface area contributed by atoms with Gasteiger partial charge in [0.1, 0.15) is 34.5 Å². The summed E-state index contributed by atoms with van der Waals surface area (Å²) in [5.41, 5.74) is 17.3. The van der Waals surface area contributed by atoms with E-state index in [-0.39, 0.29) is 0 Å². The summed E-state index contributed by atoms with van der Waals surface area (Å²) in [6, 6.07) is 46.8. The van der Waals surface area contributed by atoms with E-state index in [0.717, 1.165) is 56.8 Å². The van der Waals surface area contributed by atoms with Crippen LogP contribution in [0.2, 0.25) is 0 Å². The highest BCUT2D eigenvalue weighted by Crippen LogP contribution is 2.31. The molecule has 0 aliphatic rings. The Morgan fingerprint density at radius 3 is 0.610 bits per heavy atom. The minimum atomic E-state index is 0.709. The van der Waals surface area contributed by atoms with Gasteiger partial charge in [-0.05, 0) is 119 Å². The zero-order chi connectivity index (χ0) is 28.0. The highest BCUT2D eigenvalue weighted by molar-refractivity contribution is 5.66. The molecule has 0 aromatic heterocycles. The van der Waals surface area contributed by atoms with E-state index >= 15 is 0 Å². The predicted octanol–water partition coefficient (Wildman–Crippen LogP) is 9.56. The maximum atomic E-state index is 6.09. The molecule has 5 nitrogen and oxygen atoms in total. The monoisotopic (exact) mass is 536 g/mol. The van der Waals surface area contributed by atoms with Crippen LogP contribution in [0.25, 0.3) is 22.3 Å². The Balaban J connectivity index is 1.05. The number of rotatable bonds is 8. The van der Waals surface area contributed by atoms with Crippen LogP contribution in [-0.4, -0.2) is 0 Å². The van der Waals surface area contributed by atoms with Crippen molar-refractivity contribution in [2.45, 2.75) is 0 Å². The summed E-state index contributed by atoms with van der Waals surface area (Å²) < 4.78 is 17.9. The molecule has 0 heterocycles. The first kappa shape index (κ1) is 25.6. The van der Waals surface area contributed by atoms with Gasteiger partial charge in [0.05, 0.1) is 0 Å². The van der Waals surface area contributed by atoms with Crippen molar-refractivity contribution in [3.8, 4) is 56.8 Å². The zero-order valence-electron chi connectivity index (χ0n) is 22.2. The molecule has 0 saturated heterocycles. The molecule has 200 valence electrons. The predicted molar refractivity (Wildman–Crippen MR) is 166 cm³/mol. The number of ether oxygens (including phenoxy) is 3. The summed E-state index contributed by atoms with van der Waals surface area (Å²) >= 11 is 0. The largest absolute Gasteiger partial charge is 0.457 e. The minimum absolute atomic E-state index is 0.709. The van der Waals surface area contributed by atoms with E-state index in [1.165, 1.54) is 0 Å².